The maximum absolute atomic E-state index is 14.0. The number of benzene rings is 2. The number of nitrogens with one attached hydrogen (secondary N) is 1. The lowest BCUT2D eigenvalue weighted by Crippen LogP contribution is -2.31. The van der Waals surface area contributed by atoms with Crippen LogP contribution in [0.25, 0.3) is 0 Å². The van der Waals surface area contributed by atoms with E-state index in [0.29, 0.717) is 5.56 Å². The Balaban J connectivity index is 2.30. The third-order valence-corrected chi connectivity index (χ3v) is 4.02. The van der Waals surface area contributed by atoms with E-state index < -0.39 is 34.3 Å². The van der Waals surface area contributed by atoms with E-state index in [9.17, 15) is 24.1 Å². The van der Waals surface area contributed by atoms with Crippen molar-refractivity contribution in [3.05, 3.63) is 75.1 Å². The van der Waals surface area contributed by atoms with Crippen LogP contribution in [-0.2, 0) is 9.53 Å². The van der Waals surface area contributed by atoms with Crippen LogP contribution in [0, 0.1) is 22.9 Å². The predicted octanol–water partition coefficient (Wildman–Crippen LogP) is 3.86. The molecule has 0 aliphatic rings. The topological polar surface area (TPSA) is 98.5 Å². The Kier molecular flexibility index (Phi) is 6.81. The number of carbonyl (C=O) groups excluding carboxylic acids is 2. The number of nitro benzene ring substituents is 1. The number of rotatable bonds is 7. The Morgan fingerprint density at radius 2 is 1.86 bits per heavy atom. The molecular weight excluding hydrogens is 367 g/mol. The highest BCUT2D eigenvalue weighted by Gasteiger charge is 2.24. The maximum Gasteiger partial charge on any atom is 0.308 e. The van der Waals surface area contributed by atoms with E-state index in [2.05, 4.69) is 5.32 Å². The summed E-state index contributed by atoms with van der Waals surface area (Å²) in [6.45, 7) is 4.69. The lowest BCUT2D eigenvalue weighted by molar-refractivity contribution is -0.385. The molecule has 1 N–H and O–H groups in total. The van der Waals surface area contributed by atoms with E-state index in [-0.39, 0.29) is 23.7 Å². The average molecular weight is 388 g/mol. The van der Waals surface area contributed by atoms with Crippen LogP contribution >= 0.6 is 0 Å². The van der Waals surface area contributed by atoms with Gasteiger partial charge in [-0.2, -0.15) is 0 Å². The first-order valence-corrected chi connectivity index (χ1v) is 8.69. The van der Waals surface area contributed by atoms with Gasteiger partial charge in [-0.3, -0.25) is 19.7 Å². The number of nitro groups is 1. The average Bonchev–Trinajstić information content (AvgIpc) is 2.63. The normalized spacial score (nSPS) is 11.8. The molecule has 0 radical (unpaired) electrons. The van der Waals surface area contributed by atoms with Gasteiger partial charge in [0.15, 0.2) is 0 Å². The number of ether oxygens (including phenoxy) is 1. The van der Waals surface area contributed by atoms with Gasteiger partial charge in [-0.15, -0.1) is 0 Å². The molecular formula is C20H21FN2O5. The van der Waals surface area contributed by atoms with Gasteiger partial charge in [-0.1, -0.05) is 30.3 Å². The van der Waals surface area contributed by atoms with Crippen LogP contribution in [0.1, 0.15) is 47.8 Å². The molecule has 0 saturated carbocycles. The molecule has 7 nitrogen and oxygen atoms in total. The van der Waals surface area contributed by atoms with Gasteiger partial charge in [0.25, 0.3) is 11.6 Å². The zero-order chi connectivity index (χ0) is 20.8. The Hall–Kier alpha value is -3.29. The Bertz CT molecular complexity index is 884. The second-order valence-electron chi connectivity index (χ2n) is 6.54. The van der Waals surface area contributed by atoms with Crippen molar-refractivity contribution in [2.75, 3.05) is 0 Å². The summed E-state index contributed by atoms with van der Waals surface area (Å²) < 4.78 is 19.2. The molecule has 1 atom stereocenters. The quantitative estimate of drug-likeness (QED) is 0.441. The van der Waals surface area contributed by atoms with Crippen LogP contribution in [0.3, 0.4) is 0 Å². The standard InChI is InChI=1S/C20H21FN2O5/c1-12(2)28-19(24)11-17(14-7-5-4-6-8-14)22-20(25)15-9-16(21)13(3)18(10-15)23(26)27/h4-10,12,17H,11H2,1-3H3,(H,22,25). The number of hydrogen-bond donors (Lipinski definition) is 1. The van der Waals surface area contributed by atoms with Crippen molar-refractivity contribution < 1.29 is 23.6 Å². The third-order valence-electron chi connectivity index (χ3n) is 4.02. The minimum absolute atomic E-state index is 0.135. The van der Waals surface area contributed by atoms with E-state index in [1.807, 2.05) is 0 Å². The monoisotopic (exact) mass is 388 g/mol. The van der Waals surface area contributed by atoms with Crippen molar-refractivity contribution in [3.63, 3.8) is 0 Å². The van der Waals surface area contributed by atoms with Gasteiger partial charge in [0, 0.05) is 11.6 Å². The van der Waals surface area contributed by atoms with E-state index in [1.165, 1.54) is 6.92 Å². The largest absolute Gasteiger partial charge is 0.463 e. The van der Waals surface area contributed by atoms with E-state index in [4.69, 9.17) is 4.74 Å². The summed E-state index contributed by atoms with van der Waals surface area (Å²) in [6, 6.07) is 9.96. The molecule has 0 saturated heterocycles. The molecule has 0 aliphatic carbocycles. The number of hydrogen-bond acceptors (Lipinski definition) is 5. The molecule has 0 heterocycles. The molecule has 0 fully saturated rings. The van der Waals surface area contributed by atoms with Crippen molar-refractivity contribution in [1.29, 1.82) is 0 Å². The summed E-state index contributed by atoms with van der Waals surface area (Å²) >= 11 is 0. The van der Waals surface area contributed by atoms with Crippen molar-refractivity contribution in [1.82, 2.24) is 5.32 Å². The van der Waals surface area contributed by atoms with Crippen molar-refractivity contribution in [3.8, 4) is 0 Å². The van der Waals surface area contributed by atoms with Gasteiger partial charge < -0.3 is 10.1 Å². The Morgan fingerprint density at radius 1 is 1.21 bits per heavy atom. The summed E-state index contributed by atoms with van der Waals surface area (Å²) in [5.41, 5.74) is -0.186. The summed E-state index contributed by atoms with van der Waals surface area (Å²) in [4.78, 5) is 35.0. The van der Waals surface area contributed by atoms with Crippen LogP contribution in [0.5, 0.6) is 0 Å². The van der Waals surface area contributed by atoms with Crippen LogP contribution in [0.15, 0.2) is 42.5 Å². The van der Waals surface area contributed by atoms with E-state index in [1.54, 1.807) is 44.2 Å². The highest BCUT2D eigenvalue weighted by molar-refractivity contribution is 5.95. The second kappa shape index (κ2) is 9.07. The van der Waals surface area contributed by atoms with Crippen molar-refractivity contribution in [2.24, 2.45) is 0 Å². The number of esters is 1. The first-order chi connectivity index (χ1) is 13.2. The zero-order valence-corrected chi connectivity index (χ0v) is 15.8. The molecule has 2 aromatic rings. The van der Waals surface area contributed by atoms with Gasteiger partial charge in [0.05, 0.1) is 29.1 Å². The Labute approximate surface area is 161 Å². The minimum atomic E-state index is -0.852. The SMILES string of the molecule is Cc1c(F)cc(C(=O)NC(CC(=O)OC(C)C)c2ccccc2)cc1[N+](=O)[O-]. The van der Waals surface area contributed by atoms with Crippen molar-refractivity contribution in [2.45, 2.75) is 39.3 Å². The molecule has 0 spiro atoms. The fourth-order valence-electron chi connectivity index (χ4n) is 2.64. The number of halogens is 1. The van der Waals surface area contributed by atoms with Crippen LogP contribution in [-0.4, -0.2) is 22.9 Å². The molecule has 1 amide bonds. The van der Waals surface area contributed by atoms with Gasteiger partial charge in [0.2, 0.25) is 0 Å². The number of nitrogens with zero attached hydrogens (tertiary/aromatic N) is 1. The lowest BCUT2D eigenvalue weighted by atomic mass is 10.0. The smallest absolute Gasteiger partial charge is 0.308 e. The summed E-state index contributed by atoms with van der Waals surface area (Å²) in [5, 5.41) is 13.7. The van der Waals surface area contributed by atoms with E-state index in [0.717, 1.165) is 12.1 Å². The molecule has 0 bridgehead atoms. The van der Waals surface area contributed by atoms with Crippen molar-refractivity contribution >= 4 is 17.6 Å². The van der Waals surface area contributed by atoms with Crippen LogP contribution < -0.4 is 5.32 Å². The Morgan fingerprint density at radius 3 is 2.43 bits per heavy atom. The maximum atomic E-state index is 14.0. The molecule has 148 valence electrons. The van der Waals surface area contributed by atoms with Gasteiger partial charge in [0.1, 0.15) is 5.82 Å². The summed E-state index contributed by atoms with van der Waals surface area (Å²) in [5.74, 6) is -2.09. The predicted molar refractivity (Wildman–Crippen MR) is 100 cm³/mol. The zero-order valence-electron chi connectivity index (χ0n) is 15.8. The highest BCUT2D eigenvalue weighted by atomic mass is 19.1. The van der Waals surface area contributed by atoms with Gasteiger partial charge in [-0.05, 0) is 32.4 Å². The molecule has 0 aromatic heterocycles. The first kappa shape index (κ1) is 21.0. The lowest BCUT2D eigenvalue weighted by Gasteiger charge is -2.19. The van der Waals surface area contributed by atoms with Crippen LogP contribution in [0.2, 0.25) is 0 Å². The first-order valence-electron chi connectivity index (χ1n) is 8.69. The fourth-order valence-corrected chi connectivity index (χ4v) is 2.64. The fraction of sp³-hybridized carbons (Fsp3) is 0.300. The summed E-state index contributed by atoms with van der Waals surface area (Å²) in [7, 11) is 0. The van der Waals surface area contributed by atoms with Crippen LogP contribution in [0.4, 0.5) is 10.1 Å². The molecule has 2 rings (SSSR count). The van der Waals surface area contributed by atoms with Gasteiger partial charge in [-0.25, -0.2) is 4.39 Å². The highest BCUT2D eigenvalue weighted by Crippen LogP contribution is 2.24. The summed E-state index contributed by atoms with van der Waals surface area (Å²) in [6.07, 6.45) is -0.446. The van der Waals surface area contributed by atoms with Gasteiger partial charge >= 0.3 is 5.97 Å². The molecule has 8 heteroatoms. The molecule has 28 heavy (non-hydrogen) atoms. The minimum Gasteiger partial charge on any atom is -0.463 e. The molecule has 2 aromatic carbocycles. The molecule has 0 aliphatic heterocycles. The second-order valence-corrected chi connectivity index (χ2v) is 6.54. The molecule has 1 unspecified atom stereocenters. The third kappa shape index (κ3) is 5.35. The van der Waals surface area contributed by atoms with E-state index >= 15 is 0 Å². The number of amides is 1. The number of carbonyl (C=O) groups is 2.